The number of aliphatic hydroxyl groups is 1. The highest BCUT2D eigenvalue weighted by Gasteiger charge is 1.97. The molecule has 2 nitrogen and oxygen atoms in total. The number of aryl methyl sites for hydroxylation is 1. The summed E-state index contributed by atoms with van der Waals surface area (Å²) in [6, 6.07) is 7.78. The Morgan fingerprint density at radius 2 is 2.25 bits per heavy atom. The largest absolute Gasteiger partial charge is 0.491 e. The molecule has 0 bridgehead atoms. The van der Waals surface area contributed by atoms with Crippen molar-refractivity contribution in [3.8, 4) is 5.75 Å². The third-order valence-electron chi connectivity index (χ3n) is 1.48. The molecule has 0 heterocycles. The molecule has 1 aromatic rings. The second-order valence-corrected chi connectivity index (χ2v) is 2.98. The first kappa shape index (κ1) is 9.07. The van der Waals surface area contributed by atoms with Crippen LogP contribution in [0.5, 0.6) is 5.75 Å². The van der Waals surface area contributed by atoms with E-state index >= 15 is 0 Å². The number of ether oxygens (including phenoxy) is 1. The molecule has 0 spiro atoms. The molecule has 0 aromatic heterocycles. The molecule has 66 valence electrons. The Bertz CT molecular complexity index is 243. The van der Waals surface area contributed by atoms with E-state index in [-0.39, 0.29) is 0 Å². The maximum Gasteiger partial charge on any atom is 0.119 e. The molecule has 2 heteroatoms. The van der Waals surface area contributed by atoms with E-state index in [0.717, 1.165) is 11.3 Å². The van der Waals surface area contributed by atoms with Gasteiger partial charge in [-0.05, 0) is 31.5 Å². The van der Waals surface area contributed by atoms with Crippen molar-refractivity contribution in [2.75, 3.05) is 6.61 Å². The van der Waals surface area contributed by atoms with E-state index in [1.807, 2.05) is 31.2 Å². The fraction of sp³-hybridized carbons (Fsp3) is 0.400. The van der Waals surface area contributed by atoms with E-state index in [1.54, 1.807) is 6.92 Å². The molecule has 0 fully saturated rings. The molecular weight excluding hydrogens is 152 g/mol. The highest BCUT2D eigenvalue weighted by molar-refractivity contribution is 5.27. The highest BCUT2D eigenvalue weighted by Crippen LogP contribution is 2.12. The molecule has 0 radical (unpaired) electrons. The highest BCUT2D eigenvalue weighted by atomic mass is 16.5. The van der Waals surface area contributed by atoms with Gasteiger partial charge in [0.1, 0.15) is 12.4 Å². The van der Waals surface area contributed by atoms with Gasteiger partial charge in [-0.3, -0.25) is 0 Å². The van der Waals surface area contributed by atoms with Crippen molar-refractivity contribution in [1.82, 2.24) is 0 Å². The van der Waals surface area contributed by atoms with Gasteiger partial charge in [0.25, 0.3) is 0 Å². The Hall–Kier alpha value is -1.02. The summed E-state index contributed by atoms with van der Waals surface area (Å²) in [6.45, 7) is 4.06. The second kappa shape index (κ2) is 4.12. The predicted octanol–water partition coefficient (Wildman–Crippen LogP) is 1.75. The van der Waals surface area contributed by atoms with Crippen LogP contribution in [0.4, 0.5) is 0 Å². The summed E-state index contributed by atoms with van der Waals surface area (Å²) in [5.74, 6) is 0.816. The van der Waals surface area contributed by atoms with Crippen molar-refractivity contribution in [3.63, 3.8) is 0 Å². The van der Waals surface area contributed by atoms with Crippen LogP contribution in [0.15, 0.2) is 24.3 Å². The van der Waals surface area contributed by atoms with Crippen LogP contribution in [-0.2, 0) is 0 Å². The third kappa shape index (κ3) is 2.93. The minimum absolute atomic E-state index is 0.351. The maximum absolute atomic E-state index is 8.96. The zero-order valence-corrected chi connectivity index (χ0v) is 7.45. The van der Waals surface area contributed by atoms with Gasteiger partial charge in [0.15, 0.2) is 0 Å². The first-order valence-electron chi connectivity index (χ1n) is 4.06. The summed E-state index contributed by atoms with van der Waals surface area (Å²) in [4.78, 5) is 0. The van der Waals surface area contributed by atoms with Gasteiger partial charge in [0.05, 0.1) is 6.10 Å². The van der Waals surface area contributed by atoms with Gasteiger partial charge < -0.3 is 9.84 Å². The molecule has 1 atom stereocenters. The first-order valence-corrected chi connectivity index (χ1v) is 4.06. The van der Waals surface area contributed by atoms with Crippen LogP contribution in [0, 0.1) is 6.92 Å². The number of rotatable bonds is 3. The lowest BCUT2D eigenvalue weighted by molar-refractivity contribution is 0.122. The number of aliphatic hydroxyl groups excluding tert-OH is 1. The van der Waals surface area contributed by atoms with Gasteiger partial charge in [-0.1, -0.05) is 12.1 Å². The van der Waals surface area contributed by atoms with Crippen LogP contribution in [0.25, 0.3) is 0 Å². The molecule has 0 saturated heterocycles. The van der Waals surface area contributed by atoms with Crippen molar-refractivity contribution < 1.29 is 9.84 Å². The summed E-state index contributed by atoms with van der Waals surface area (Å²) in [5, 5.41) is 8.96. The van der Waals surface area contributed by atoms with E-state index in [2.05, 4.69) is 0 Å². The van der Waals surface area contributed by atoms with Gasteiger partial charge in [0.2, 0.25) is 0 Å². The molecule has 0 aliphatic rings. The first-order chi connectivity index (χ1) is 5.68. The van der Waals surface area contributed by atoms with Crippen LogP contribution in [0.2, 0.25) is 0 Å². The van der Waals surface area contributed by atoms with E-state index in [4.69, 9.17) is 9.84 Å². The zero-order valence-electron chi connectivity index (χ0n) is 7.45. The lowest BCUT2D eigenvalue weighted by Gasteiger charge is -2.07. The molecule has 0 amide bonds. The van der Waals surface area contributed by atoms with Crippen molar-refractivity contribution in [2.45, 2.75) is 20.0 Å². The number of hydrogen-bond acceptors (Lipinski definition) is 2. The summed E-state index contributed by atoms with van der Waals surface area (Å²) in [7, 11) is 0. The van der Waals surface area contributed by atoms with Gasteiger partial charge >= 0.3 is 0 Å². The van der Waals surface area contributed by atoms with Gasteiger partial charge in [-0.2, -0.15) is 0 Å². The molecule has 0 unspecified atom stereocenters. The van der Waals surface area contributed by atoms with Crippen molar-refractivity contribution in [1.29, 1.82) is 0 Å². The second-order valence-electron chi connectivity index (χ2n) is 2.98. The molecule has 1 N–H and O–H groups in total. The Labute approximate surface area is 72.8 Å². The zero-order chi connectivity index (χ0) is 8.97. The monoisotopic (exact) mass is 166 g/mol. The molecule has 1 rings (SSSR count). The van der Waals surface area contributed by atoms with Crippen LogP contribution in [-0.4, -0.2) is 17.8 Å². The minimum Gasteiger partial charge on any atom is -0.491 e. The lowest BCUT2D eigenvalue weighted by Crippen LogP contribution is -2.12. The average Bonchev–Trinajstić information content (AvgIpc) is 2.01. The van der Waals surface area contributed by atoms with E-state index < -0.39 is 6.10 Å². The molecule has 0 aliphatic carbocycles. The molecule has 1 aromatic carbocycles. The number of hydrogen-bond donors (Lipinski definition) is 1. The topological polar surface area (TPSA) is 29.5 Å². The smallest absolute Gasteiger partial charge is 0.119 e. The minimum atomic E-state index is -0.412. The number of benzene rings is 1. The van der Waals surface area contributed by atoms with E-state index in [1.165, 1.54) is 0 Å². The molecule has 0 aliphatic heterocycles. The summed E-state index contributed by atoms with van der Waals surface area (Å²) >= 11 is 0. The Morgan fingerprint density at radius 3 is 2.83 bits per heavy atom. The fourth-order valence-corrected chi connectivity index (χ4v) is 0.922. The molecule has 0 saturated carbocycles. The average molecular weight is 166 g/mol. The normalized spacial score (nSPS) is 12.6. The van der Waals surface area contributed by atoms with E-state index in [0.29, 0.717) is 6.61 Å². The molecule has 12 heavy (non-hydrogen) atoms. The maximum atomic E-state index is 8.96. The standard InChI is InChI=1S/C10H14O2/c1-8-4-3-5-10(6-8)12-7-9(2)11/h3-6,9,11H,7H2,1-2H3/t9-/m1/s1. The summed E-state index contributed by atoms with van der Waals surface area (Å²) in [5.41, 5.74) is 1.16. The van der Waals surface area contributed by atoms with Crippen LogP contribution in [0.3, 0.4) is 0 Å². The lowest BCUT2D eigenvalue weighted by atomic mass is 10.2. The van der Waals surface area contributed by atoms with Gasteiger partial charge in [-0.15, -0.1) is 0 Å². The van der Waals surface area contributed by atoms with Crippen molar-refractivity contribution >= 4 is 0 Å². The fourth-order valence-electron chi connectivity index (χ4n) is 0.922. The van der Waals surface area contributed by atoms with Crippen LogP contribution < -0.4 is 4.74 Å². The SMILES string of the molecule is Cc1cccc(OC[C@@H](C)O)c1. The van der Waals surface area contributed by atoms with Gasteiger partial charge in [-0.25, -0.2) is 0 Å². The Kier molecular flexibility index (Phi) is 3.11. The Morgan fingerprint density at radius 1 is 1.50 bits per heavy atom. The van der Waals surface area contributed by atoms with Crippen LogP contribution in [0.1, 0.15) is 12.5 Å². The van der Waals surface area contributed by atoms with E-state index in [9.17, 15) is 0 Å². The third-order valence-corrected chi connectivity index (χ3v) is 1.48. The Balaban J connectivity index is 2.52. The quantitative estimate of drug-likeness (QED) is 0.741. The van der Waals surface area contributed by atoms with Crippen LogP contribution >= 0.6 is 0 Å². The van der Waals surface area contributed by atoms with Gasteiger partial charge in [0, 0.05) is 0 Å². The molecular formula is C10H14O2. The predicted molar refractivity (Wildman–Crippen MR) is 48.4 cm³/mol. The summed E-state index contributed by atoms with van der Waals surface area (Å²) in [6.07, 6.45) is -0.412. The van der Waals surface area contributed by atoms with Crippen molar-refractivity contribution in [2.24, 2.45) is 0 Å². The summed E-state index contributed by atoms with van der Waals surface area (Å²) < 4.78 is 5.30. The van der Waals surface area contributed by atoms with Crippen molar-refractivity contribution in [3.05, 3.63) is 29.8 Å².